The Morgan fingerprint density at radius 3 is 1.71 bits per heavy atom. The minimum Gasteiger partial charge on any atom is -0.0861 e. The molecule has 0 saturated carbocycles. The number of hydrogen-bond donors (Lipinski definition) is 0. The van der Waals surface area contributed by atoms with Crippen molar-refractivity contribution >= 4 is 22.2 Å². The van der Waals surface area contributed by atoms with Gasteiger partial charge in [-0.25, -0.2) is 0 Å². The Morgan fingerprint density at radius 2 is 1.29 bits per heavy atom. The average Bonchev–Trinajstić information content (AvgIpc) is 2.15. The molecular formula is C15H26Si2. The fourth-order valence-electron chi connectivity index (χ4n) is 2.65. The molecule has 0 fully saturated rings. The van der Waals surface area contributed by atoms with Gasteiger partial charge < -0.3 is 0 Å². The van der Waals surface area contributed by atoms with Crippen LogP contribution in [0.3, 0.4) is 0 Å². The topological polar surface area (TPSA) is 0 Å². The van der Waals surface area contributed by atoms with Crippen LogP contribution in [0.2, 0.25) is 44.4 Å². The fourth-order valence-corrected chi connectivity index (χ4v) is 14.4. The lowest BCUT2D eigenvalue weighted by molar-refractivity contribution is 1.31. The van der Waals surface area contributed by atoms with Crippen LogP contribution in [0.25, 0.3) is 6.08 Å². The van der Waals surface area contributed by atoms with Crippen LogP contribution in [0, 0.1) is 0 Å². The predicted octanol–water partition coefficient (Wildman–Crippen LogP) is 5.29. The maximum Gasteiger partial charge on any atom is 0.0485 e. The third-order valence-corrected chi connectivity index (χ3v) is 12.5. The van der Waals surface area contributed by atoms with Crippen LogP contribution in [-0.4, -0.2) is 16.1 Å². The van der Waals surface area contributed by atoms with Gasteiger partial charge in [0.25, 0.3) is 0 Å². The Balaban J connectivity index is 2.92. The highest BCUT2D eigenvalue weighted by molar-refractivity contribution is 6.97. The number of hydrogen-bond acceptors (Lipinski definition) is 0. The summed E-state index contributed by atoms with van der Waals surface area (Å²) in [5.41, 5.74) is 1.33. The summed E-state index contributed by atoms with van der Waals surface area (Å²) in [7, 11) is -2.20. The third-order valence-electron chi connectivity index (χ3n) is 3.15. The molecule has 0 saturated heterocycles. The second kappa shape index (κ2) is 5.36. The Morgan fingerprint density at radius 1 is 0.824 bits per heavy atom. The van der Waals surface area contributed by atoms with Crippen molar-refractivity contribution in [3.8, 4) is 0 Å². The van der Waals surface area contributed by atoms with Gasteiger partial charge in [0.15, 0.2) is 0 Å². The van der Waals surface area contributed by atoms with E-state index in [1.54, 1.807) is 0 Å². The smallest absolute Gasteiger partial charge is 0.0485 e. The van der Waals surface area contributed by atoms with E-state index >= 15 is 0 Å². The quantitative estimate of drug-likeness (QED) is 0.647. The largest absolute Gasteiger partial charge is 0.0861 e. The average molecular weight is 263 g/mol. The first-order chi connectivity index (χ1) is 7.71. The van der Waals surface area contributed by atoms with E-state index in [-0.39, 0.29) is 0 Å². The molecule has 0 aliphatic carbocycles. The molecule has 0 spiro atoms. The van der Waals surface area contributed by atoms with Crippen molar-refractivity contribution in [3.05, 3.63) is 42.0 Å². The van der Waals surface area contributed by atoms with Crippen LogP contribution in [-0.2, 0) is 0 Å². The highest BCUT2D eigenvalue weighted by Crippen LogP contribution is 2.33. The van der Waals surface area contributed by atoms with E-state index in [2.05, 4.69) is 81.8 Å². The predicted molar refractivity (Wildman–Crippen MR) is 85.9 cm³/mol. The molecular weight excluding hydrogens is 236 g/mol. The lowest BCUT2D eigenvalue weighted by atomic mass is 10.2. The lowest BCUT2D eigenvalue weighted by Gasteiger charge is -2.36. The summed E-state index contributed by atoms with van der Waals surface area (Å²) in [5, 5.41) is 0.843. The molecule has 0 aliphatic rings. The number of benzene rings is 1. The van der Waals surface area contributed by atoms with E-state index in [4.69, 9.17) is 0 Å². The van der Waals surface area contributed by atoms with Gasteiger partial charge in [-0.2, -0.15) is 0 Å². The van der Waals surface area contributed by atoms with E-state index in [1.807, 2.05) is 0 Å². The molecule has 0 aliphatic heterocycles. The molecule has 0 heterocycles. The fraction of sp³-hybridized carbons (Fsp3) is 0.467. The third kappa shape index (κ3) is 4.64. The maximum absolute atomic E-state index is 2.49. The van der Waals surface area contributed by atoms with Crippen LogP contribution >= 0.6 is 0 Å². The molecule has 94 valence electrons. The van der Waals surface area contributed by atoms with Gasteiger partial charge in [-0.1, -0.05) is 81.8 Å². The molecule has 0 unspecified atom stereocenters. The Bertz CT molecular complexity index is 352. The van der Waals surface area contributed by atoms with E-state index in [0.717, 1.165) is 5.16 Å². The Hall–Kier alpha value is -0.606. The zero-order chi connectivity index (χ0) is 13.1. The summed E-state index contributed by atoms with van der Waals surface area (Å²) in [6.07, 6.45) is 4.81. The summed E-state index contributed by atoms with van der Waals surface area (Å²) in [6, 6.07) is 10.7. The van der Waals surface area contributed by atoms with Gasteiger partial charge in [0.2, 0.25) is 0 Å². The first kappa shape index (κ1) is 14.5. The molecule has 0 amide bonds. The Labute approximate surface area is 109 Å². The van der Waals surface area contributed by atoms with Crippen LogP contribution in [0.15, 0.2) is 36.4 Å². The summed E-state index contributed by atoms with van der Waals surface area (Å²) >= 11 is 0. The van der Waals surface area contributed by atoms with E-state index < -0.39 is 16.1 Å². The van der Waals surface area contributed by atoms with Gasteiger partial charge in [0.1, 0.15) is 0 Å². The van der Waals surface area contributed by atoms with Crippen molar-refractivity contribution in [2.45, 2.75) is 44.4 Å². The molecule has 17 heavy (non-hydrogen) atoms. The Kier molecular flexibility index (Phi) is 4.56. The van der Waals surface area contributed by atoms with Crippen molar-refractivity contribution in [2.75, 3.05) is 0 Å². The van der Waals surface area contributed by atoms with E-state index in [9.17, 15) is 0 Å². The molecule has 0 nitrogen and oxygen atoms in total. The molecule has 2 heteroatoms. The molecule has 0 radical (unpaired) electrons. The van der Waals surface area contributed by atoms with Crippen LogP contribution in [0.5, 0.6) is 0 Å². The molecule has 1 aromatic carbocycles. The molecule has 0 atom stereocenters. The summed E-state index contributed by atoms with van der Waals surface area (Å²) in [5.74, 6) is 0. The van der Waals surface area contributed by atoms with E-state index in [0.29, 0.717) is 0 Å². The zero-order valence-corrected chi connectivity index (χ0v) is 14.1. The molecule has 0 aromatic heterocycles. The monoisotopic (exact) mass is 262 g/mol. The summed E-state index contributed by atoms with van der Waals surface area (Å²) in [4.78, 5) is 0. The second-order valence-electron chi connectivity index (χ2n) is 6.98. The molecule has 1 rings (SSSR count). The maximum atomic E-state index is 2.49. The highest BCUT2D eigenvalue weighted by Gasteiger charge is 2.35. The second-order valence-corrected chi connectivity index (χ2v) is 18.3. The van der Waals surface area contributed by atoms with Gasteiger partial charge in [-0.05, 0) is 10.7 Å². The number of rotatable bonds is 4. The van der Waals surface area contributed by atoms with Crippen LogP contribution in [0.1, 0.15) is 5.56 Å². The summed E-state index contributed by atoms with van der Waals surface area (Å²) in [6.45, 7) is 14.9. The minimum atomic E-state index is -1.10. The first-order valence-electron chi connectivity index (χ1n) is 6.44. The minimum absolute atomic E-state index is 0.843. The van der Waals surface area contributed by atoms with Crippen molar-refractivity contribution in [2.24, 2.45) is 0 Å². The standard InChI is InChI=1S/C15H26Si2/c1-16(2,3)15(17(4,5)6)13-12-14-10-8-7-9-11-14/h7-13,15H,1-6H3. The molecule has 0 N–H and O–H groups in total. The number of allylic oxidation sites excluding steroid dienone is 1. The molecule has 0 bridgehead atoms. The molecule has 1 aromatic rings. The van der Waals surface area contributed by atoms with E-state index in [1.165, 1.54) is 5.56 Å². The van der Waals surface area contributed by atoms with Crippen molar-refractivity contribution in [1.29, 1.82) is 0 Å². The van der Waals surface area contributed by atoms with Crippen molar-refractivity contribution in [3.63, 3.8) is 0 Å². The van der Waals surface area contributed by atoms with Crippen LogP contribution in [0.4, 0.5) is 0 Å². The first-order valence-corrected chi connectivity index (χ1v) is 13.6. The van der Waals surface area contributed by atoms with Crippen molar-refractivity contribution < 1.29 is 0 Å². The zero-order valence-electron chi connectivity index (χ0n) is 12.1. The summed E-state index contributed by atoms with van der Waals surface area (Å²) < 4.78 is 0. The lowest BCUT2D eigenvalue weighted by Crippen LogP contribution is -2.42. The van der Waals surface area contributed by atoms with Gasteiger partial charge >= 0.3 is 0 Å². The SMILES string of the molecule is C[Si](C)(C)C(C=Cc1ccccc1)[Si](C)(C)C. The van der Waals surface area contributed by atoms with Gasteiger partial charge in [-0.15, -0.1) is 0 Å². The normalized spacial score (nSPS) is 13.6. The highest BCUT2D eigenvalue weighted by atomic mass is 28.4. The van der Waals surface area contributed by atoms with Crippen molar-refractivity contribution in [1.82, 2.24) is 0 Å². The van der Waals surface area contributed by atoms with Gasteiger partial charge in [0, 0.05) is 16.1 Å². The van der Waals surface area contributed by atoms with Crippen LogP contribution < -0.4 is 0 Å². The van der Waals surface area contributed by atoms with Gasteiger partial charge in [0.05, 0.1) is 0 Å². The van der Waals surface area contributed by atoms with Gasteiger partial charge in [-0.3, -0.25) is 0 Å².